The van der Waals surface area contributed by atoms with Crippen LogP contribution in [0.25, 0.3) is 22.1 Å². The molecule has 0 aliphatic heterocycles. The number of rotatable bonds is 2. The molecule has 20 heavy (non-hydrogen) atoms. The van der Waals surface area contributed by atoms with Gasteiger partial charge in [0.1, 0.15) is 11.1 Å². The molecule has 3 aromatic rings. The molecule has 2 heterocycles. The number of benzene rings is 1. The summed E-state index contributed by atoms with van der Waals surface area (Å²) in [4.78, 5) is 16.6. The Morgan fingerprint density at radius 3 is 2.80 bits per heavy atom. The summed E-state index contributed by atoms with van der Waals surface area (Å²) < 4.78 is 10.9. The summed E-state index contributed by atoms with van der Waals surface area (Å²) in [6, 6.07) is 7.73. The van der Waals surface area contributed by atoms with Gasteiger partial charge in [0.15, 0.2) is 5.58 Å². The number of hydrogen-bond acceptors (Lipinski definition) is 4. The third kappa shape index (κ3) is 1.76. The van der Waals surface area contributed by atoms with E-state index in [2.05, 4.69) is 4.98 Å². The molecule has 0 saturated carbocycles. The lowest BCUT2D eigenvalue weighted by Crippen LogP contribution is -2.10. The van der Waals surface area contributed by atoms with Gasteiger partial charge in [-0.15, -0.1) is 0 Å². The third-order valence-electron chi connectivity index (χ3n) is 3.41. The van der Waals surface area contributed by atoms with Crippen LogP contribution in [-0.4, -0.2) is 17.6 Å². The Labute approximate surface area is 116 Å². The van der Waals surface area contributed by atoms with Crippen LogP contribution in [0.2, 0.25) is 0 Å². The number of para-hydroxylation sites is 1. The second-order valence-electron chi connectivity index (χ2n) is 4.69. The Morgan fingerprint density at radius 1 is 1.30 bits per heavy atom. The van der Waals surface area contributed by atoms with E-state index in [0.717, 1.165) is 22.0 Å². The smallest absolute Gasteiger partial charge is 0.340 e. The molecular weight excluding hydrogens is 254 g/mol. The third-order valence-corrected chi connectivity index (χ3v) is 3.41. The summed E-state index contributed by atoms with van der Waals surface area (Å²) in [5, 5.41) is 0.962. The van der Waals surface area contributed by atoms with Crippen molar-refractivity contribution in [3.8, 4) is 0 Å². The van der Waals surface area contributed by atoms with Crippen molar-refractivity contribution in [2.24, 2.45) is 0 Å². The molecule has 0 aliphatic rings. The molecular formula is C16H15NO3. The molecule has 4 heteroatoms. The van der Waals surface area contributed by atoms with E-state index in [1.807, 2.05) is 38.1 Å². The van der Waals surface area contributed by atoms with Gasteiger partial charge >= 0.3 is 5.97 Å². The van der Waals surface area contributed by atoms with Gasteiger partial charge in [0.05, 0.1) is 17.9 Å². The van der Waals surface area contributed by atoms with E-state index in [-0.39, 0.29) is 5.97 Å². The van der Waals surface area contributed by atoms with E-state index in [4.69, 9.17) is 9.15 Å². The van der Waals surface area contributed by atoms with Crippen LogP contribution in [0.5, 0.6) is 0 Å². The number of ether oxygens (including phenoxy) is 1. The summed E-state index contributed by atoms with van der Waals surface area (Å²) in [5.41, 5.74) is 4.17. The lowest BCUT2D eigenvalue weighted by molar-refractivity contribution is 0.0524. The van der Waals surface area contributed by atoms with Crippen molar-refractivity contribution in [2.45, 2.75) is 20.8 Å². The fraction of sp³-hybridized carbons (Fsp3) is 0.250. The topological polar surface area (TPSA) is 52.3 Å². The van der Waals surface area contributed by atoms with Crippen molar-refractivity contribution in [1.82, 2.24) is 4.98 Å². The average molecular weight is 269 g/mol. The predicted octanol–water partition coefficient (Wildman–Crippen LogP) is 3.77. The number of aromatic nitrogens is 1. The van der Waals surface area contributed by atoms with Crippen LogP contribution in [0.1, 0.15) is 28.5 Å². The highest BCUT2D eigenvalue weighted by Crippen LogP contribution is 2.31. The largest absolute Gasteiger partial charge is 0.462 e. The monoisotopic (exact) mass is 269 g/mol. The first-order chi connectivity index (χ1) is 9.63. The van der Waals surface area contributed by atoms with Gasteiger partial charge in [-0.3, -0.25) is 0 Å². The van der Waals surface area contributed by atoms with Crippen molar-refractivity contribution in [1.29, 1.82) is 0 Å². The molecule has 0 N–H and O–H groups in total. The molecule has 0 radical (unpaired) electrons. The van der Waals surface area contributed by atoms with Crippen molar-refractivity contribution >= 4 is 28.0 Å². The fourth-order valence-corrected chi connectivity index (χ4v) is 2.51. The fourth-order valence-electron chi connectivity index (χ4n) is 2.51. The Balaban J connectivity index is 2.35. The summed E-state index contributed by atoms with van der Waals surface area (Å²) in [6.07, 6.45) is 0. The van der Waals surface area contributed by atoms with Gasteiger partial charge in [0.25, 0.3) is 0 Å². The van der Waals surface area contributed by atoms with E-state index < -0.39 is 0 Å². The van der Waals surface area contributed by atoms with Crippen LogP contribution in [0.15, 0.2) is 28.7 Å². The highest BCUT2D eigenvalue weighted by atomic mass is 16.5. The second kappa shape index (κ2) is 4.63. The molecule has 0 unspecified atom stereocenters. The zero-order valence-corrected chi connectivity index (χ0v) is 11.7. The summed E-state index contributed by atoms with van der Waals surface area (Å²) in [6.45, 7) is 5.82. The Kier molecular flexibility index (Phi) is 2.93. The van der Waals surface area contributed by atoms with Gasteiger partial charge in [0.2, 0.25) is 0 Å². The number of hydrogen-bond donors (Lipinski definition) is 0. The first-order valence-electron chi connectivity index (χ1n) is 6.59. The molecule has 3 rings (SSSR count). The summed E-state index contributed by atoms with van der Waals surface area (Å²) >= 11 is 0. The number of carbonyl (C=O) groups is 1. The van der Waals surface area contributed by atoms with Crippen LogP contribution in [-0.2, 0) is 4.74 Å². The van der Waals surface area contributed by atoms with Crippen LogP contribution in [0.4, 0.5) is 0 Å². The van der Waals surface area contributed by atoms with Gasteiger partial charge < -0.3 is 9.15 Å². The molecule has 0 atom stereocenters. The minimum absolute atomic E-state index is 0.343. The van der Waals surface area contributed by atoms with Crippen LogP contribution >= 0.6 is 0 Å². The van der Waals surface area contributed by atoms with E-state index in [9.17, 15) is 4.79 Å². The average Bonchev–Trinajstić information content (AvgIpc) is 2.78. The minimum atomic E-state index is -0.350. The lowest BCUT2D eigenvalue weighted by atomic mass is 10.1. The number of fused-ring (bicyclic) bond motifs is 3. The van der Waals surface area contributed by atoms with Crippen molar-refractivity contribution in [3.63, 3.8) is 0 Å². The molecule has 0 spiro atoms. The summed E-state index contributed by atoms with van der Waals surface area (Å²) in [5.74, 6) is -0.350. The quantitative estimate of drug-likeness (QED) is 0.664. The zero-order valence-electron chi connectivity index (χ0n) is 11.7. The first-order valence-corrected chi connectivity index (χ1v) is 6.59. The number of esters is 1. The maximum atomic E-state index is 12.0. The van der Waals surface area contributed by atoms with Gasteiger partial charge in [-0.05, 0) is 32.9 Å². The highest BCUT2D eigenvalue weighted by Gasteiger charge is 2.20. The molecule has 4 nitrogen and oxygen atoms in total. The molecule has 0 saturated heterocycles. The first kappa shape index (κ1) is 12.7. The van der Waals surface area contributed by atoms with Gasteiger partial charge in [-0.25, -0.2) is 9.78 Å². The van der Waals surface area contributed by atoms with Crippen molar-refractivity contribution in [2.75, 3.05) is 6.61 Å². The standard InChI is InChI=1S/C16H15NO3/c1-4-19-16(18)13-9(2)15-14(17-10(13)3)11-7-5-6-8-12(11)20-15/h5-8H,4H2,1-3H3. The van der Waals surface area contributed by atoms with Crippen LogP contribution < -0.4 is 0 Å². The molecule has 1 aromatic carbocycles. The van der Waals surface area contributed by atoms with E-state index in [0.29, 0.717) is 23.4 Å². The van der Waals surface area contributed by atoms with Gasteiger partial charge in [-0.2, -0.15) is 0 Å². The maximum Gasteiger partial charge on any atom is 0.340 e. The molecule has 2 aromatic heterocycles. The van der Waals surface area contributed by atoms with Gasteiger partial charge in [-0.1, -0.05) is 12.1 Å². The van der Waals surface area contributed by atoms with Crippen LogP contribution in [0.3, 0.4) is 0 Å². The maximum absolute atomic E-state index is 12.0. The molecule has 0 aliphatic carbocycles. The SMILES string of the molecule is CCOC(=O)c1c(C)nc2c(oc3ccccc32)c1C. The molecule has 102 valence electrons. The predicted molar refractivity (Wildman–Crippen MR) is 76.9 cm³/mol. The van der Waals surface area contributed by atoms with E-state index in [1.54, 1.807) is 6.92 Å². The number of nitrogens with zero attached hydrogens (tertiary/aromatic N) is 1. The number of pyridine rings is 1. The normalized spacial score (nSPS) is 11.2. The number of carbonyl (C=O) groups excluding carboxylic acids is 1. The number of aryl methyl sites for hydroxylation is 2. The number of furan rings is 1. The highest BCUT2D eigenvalue weighted by molar-refractivity contribution is 6.06. The molecule has 0 amide bonds. The Bertz CT molecular complexity index is 817. The lowest BCUT2D eigenvalue weighted by Gasteiger charge is -2.08. The van der Waals surface area contributed by atoms with Crippen LogP contribution in [0, 0.1) is 13.8 Å². The minimum Gasteiger partial charge on any atom is -0.462 e. The molecule has 0 fully saturated rings. The Hall–Kier alpha value is -2.36. The molecule has 0 bridgehead atoms. The zero-order chi connectivity index (χ0) is 14.3. The second-order valence-corrected chi connectivity index (χ2v) is 4.69. The Morgan fingerprint density at radius 2 is 2.05 bits per heavy atom. The van der Waals surface area contributed by atoms with Crippen molar-refractivity contribution in [3.05, 3.63) is 41.1 Å². The van der Waals surface area contributed by atoms with Crippen molar-refractivity contribution < 1.29 is 13.9 Å². The summed E-state index contributed by atoms with van der Waals surface area (Å²) in [7, 11) is 0. The van der Waals surface area contributed by atoms with E-state index in [1.165, 1.54) is 0 Å². The van der Waals surface area contributed by atoms with Gasteiger partial charge in [0, 0.05) is 10.9 Å². The van der Waals surface area contributed by atoms with E-state index >= 15 is 0 Å².